The van der Waals surface area contributed by atoms with Gasteiger partial charge in [-0.15, -0.1) is 0 Å². The van der Waals surface area contributed by atoms with Gasteiger partial charge >= 0.3 is 15.4 Å². The number of aromatic nitrogens is 8. The van der Waals surface area contributed by atoms with Crippen LogP contribution in [0.3, 0.4) is 0 Å². The number of H-pyrrole nitrogens is 2. The Bertz CT molecular complexity index is 1970. The van der Waals surface area contributed by atoms with Crippen molar-refractivity contribution in [1.82, 2.24) is 39.0 Å². The van der Waals surface area contributed by atoms with Crippen LogP contribution in [0.4, 0.5) is 20.7 Å². The van der Waals surface area contributed by atoms with E-state index in [0.717, 1.165) is 21.8 Å². The highest BCUT2D eigenvalue weighted by Crippen LogP contribution is 2.50. The predicted molar refractivity (Wildman–Crippen MR) is 162 cm³/mol. The molecule has 0 amide bonds. The highest BCUT2D eigenvalue weighted by atomic mass is 32.5. The Kier molecular flexibility index (Phi) is 9.71. The third-order valence-corrected chi connectivity index (χ3v) is 9.25. The van der Waals surface area contributed by atoms with Crippen molar-refractivity contribution >= 4 is 74.1 Å². The summed E-state index contributed by atoms with van der Waals surface area (Å²) in [5, 5.41) is 0. The molecule has 2 saturated heterocycles. The van der Waals surface area contributed by atoms with Crippen molar-refractivity contribution in [2.24, 2.45) is 0 Å². The number of nitrogen functional groups attached to an aromatic ring is 2. The monoisotopic (exact) mass is 740 g/mol. The van der Waals surface area contributed by atoms with Crippen LogP contribution in [0, 0.1) is 0 Å². The minimum atomic E-state index is -4.37. The van der Waals surface area contributed by atoms with Gasteiger partial charge in [0.2, 0.25) is 11.9 Å². The molecule has 26 heteroatoms. The number of nitrogens with zero attached hydrogens (tertiary/aromatic N) is 6. The van der Waals surface area contributed by atoms with Gasteiger partial charge in [0, 0.05) is 0 Å². The molecule has 0 spiro atoms. The fraction of sp³-hybridized carbons (Fsp3) is 0.524. The molecule has 2 fully saturated rings. The van der Waals surface area contributed by atoms with Crippen LogP contribution in [0.25, 0.3) is 22.3 Å². The van der Waals surface area contributed by atoms with E-state index < -0.39 is 82.3 Å². The smallest absolute Gasteiger partial charge is 0.327 e. The number of halogens is 2. The van der Waals surface area contributed by atoms with Crippen molar-refractivity contribution in [3.05, 3.63) is 33.4 Å². The van der Waals surface area contributed by atoms with Gasteiger partial charge in [-0.1, -0.05) is 0 Å². The summed E-state index contributed by atoms with van der Waals surface area (Å²) in [6, 6.07) is 0. The molecule has 1 unspecified atom stereocenters. The van der Waals surface area contributed by atoms with Crippen molar-refractivity contribution in [3.8, 4) is 0 Å². The van der Waals surface area contributed by atoms with Gasteiger partial charge in [-0.3, -0.25) is 37.7 Å². The molecule has 4 aromatic rings. The summed E-state index contributed by atoms with van der Waals surface area (Å²) in [4.78, 5) is 55.8. The maximum atomic E-state index is 16.0. The Morgan fingerprint density at radius 1 is 0.979 bits per heavy atom. The number of aromatic amines is 2. The summed E-state index contributed by atoms with van der Waals surface area (Å²) >= 11 is 9.11. The Balaban J connectivity index is 1.20. The third-order valence-electron chi connectivity index (χ3n) is 7.18. The van der Waals surface area contributed by atoms with Gasteiger partial charge in [-0.2, -0.15) is 22.6 Å². The zero-order chi connectivity index (χ0) is 33.6. The number of fused-ring (bicyclic) bond motifs is 2. The van der Waals surface area contributed by atoms with Crippen LogP contribution < -0.4 is 22.6 Å². The molecule has 9 atom stereocenters. The van der Waals surface area contributed by atoms with E-state index in [1.807, 2.05) is 0 Å². The second kappa shape index (κ2) is 13.5. The number of hydrogen-bond acceptors (Lipinski definition) is 17. The molecule has 0 aliphatic carbocycles. The van der Waals surface area contributed by atoms with Gasteiger partial charge < -0.3 is 35.1 Å². The lowest BCUT2D eigenvalue weighted by molar-refractivity contribution is -0.0579. The first-order valence-electron chi connectivity index (χ1n) is 13.3. The first-order valence-corrected chi connectivity index (χ1v) is 17.2. The van der Waals surface area contributed by atoms with E-state index in [2.05, 4.69) is 42.5 Å². The molecule has 4 aromatic heterocycles. The molecule has 6 heterocycles. The molecule has 6 rings (SSSR count). The summed E-state index contributed by atoms with van der Waals surface area (Å²) in [7, 11) is -0.908. The third kappa shape index (κ3) is 6.55. The zero-order valence-corrected chi connectivity index (χ0v) is 26.9. The van der Waals surface area contributed by atoms with Crippen molar-refractivity contribution in [1.29, 1.82) is 0 Å². The average molecular weight is 741 g/mol. The maximum Gasteiger partial charge on any atom is 0.327 e. The number of alkyl halides is 2. The lowest BCUT2D eigenvalue weighted by Crippen LogP contribution is -2.35. The molecule has 7 N–H and O–H groups in total. The van der Waals surface area contributed by atoms with Gasteiger partial charge in [0.1, 0.15) is 24.4 Å². The molecular formula is C21H24F2N10O10P2S2. The lowest BCUT2D eigenvalue weighted by atomic mass is 10.1. The molecule has 2 aliphatic heterocycles. The standard InChI is InChI=1S/C21H24F2N10O10P2S2/c22-8-12(42-44-36)7(41-18(8)32-3-26-10-14(32)28-20(24)30-16(10)34)2-39-45(37,47)43-13-6(1-38-5-46)40-19(9(13)23)33-4-27-11-15(33)29-21(25)31-17(11)35/h3-4,6-9,12-13,18-19,46H,1-2,5H2,(H,37,47)(H3,24,28,30,34)(H3,25,29,31,35)/t6-,7-,8-,9-,12-,13-,18-,19-,45?/m1/s1. The molecule has 47 heavy (non-hydrogen) atoms. The van der Waals surface area contributed by atoms with Gasteiger partial charge in [-0.05, 0) is 11.8 Å². The lowest BCUT2D eigenvalue weighted by Gasteiger charge is -2.26. The first-order chi connectivity index (χ1) is 22.4. The number of rotatable bonds is 12. The summed E-state index contributed by atoms with van der Waals surface area (Å²) in [6.45, 7) is -5.32. The van der Waals surface area contributed by atoms with E-state index >= 15 is 8.78 Å². The Morgan fingerprint density at radius 2 is 1.49 bits per heavy atom. The van der Waals surface area contributed by atoms with Crippen LogP contribution in [0.5, 0.6) is 0 Å². The second-order valence-electron chi connectivity index (χ2n) is 10.0. The largest absolute Gasteiger partial charge is 0.369 e. The number of nitrogens with one attached hydrogen (secondary N) is 2. The van der Waals surface area contributed by atoms with Crippen LogP contribution in [-0.4, -0.2) is 99.8 Å². The van der Waals surface area contributed by atoms with Crippen LogP contribution in [0.15, 0.2) is 22.2 Å². The van der Waals surface area contributed by atoms with Crippen LogP contribution in [0.2, 0.25) is 0 Å². The molecule has 0 saturated carbocycles. The minimum absolute atomic E-state index is 0.0762. The van der Waals surface area contributed by atoms with Crippen molar-refractivity contribution in [3.63, 3.8) is 0 Å². The quantitative estimate of drug-likeness (QED) is 0.0634. The molecule has 0 radical (unpaired) electrons. The van der Waals surface area contributed by atoms with Crippen LogP contribution in [0.1, 0.15) is 12.5 Å². The van der Waals surface area contributed by atoms with E-state index in [0.29, 0.717) is 0 Å². The van der Waals surface area contributed by atoms with Crippen molar-refractivity contribution in [2.75, 3.05) is 30.6 Å². The highest BCUT2D eigenvalue weighted by molar-refractivity contribution is 8.07. The molecular weight excluding hydrogens is 716 g/mol. The SMILES string of the molecule is Nc1nc2c(ncn2[C@@H]2O[C@H](COP(O)(=S)O[C@H]3[C@@H](F)[C@H](n4cnc5c(=O)[nH]c(N)nc54)O[C@@H]3COCS)[C@@H](OP=O)[C@H]2F)c(=O)[nH]1. The van der Waals surface area contributed by atoms with E-state index in [4.69, 9.17) is 51.1 Å². The molecule has 2 aliphatic rings. The normalized spacial score (nSPS) is 29.3. The first kappa shape index (κ1) is 33.9. The summed E-state index contributed by atoms with van der Waals surface area (Å²) in [6.07, 6.45) is -10.6. The van der Waals surface area contributed by atoms with E-state index in [9.17, 15) is 19.0 Å². The Hall–Kier alpha value is -3.02. The Morgan fingerprint density at radius 3 is 2.00 bits per heavy atom. The molecule has 20 nitrogen and oxygen atoms in total. The van der Waals surface area contributed by atoms with Crippen molar-refractivity contribution in [2.45, 2.75) is 49.2 Å². The second-order valence-corrected chi connectivity index (χ2v) is 13.5. The number of nitrogens with two attached hydrogens (primary N) is 2. The minimum Gasteiger partial charge on any atom is -0.369 e. The number of hydrogen-bond donors (Lipinski definition) is 6. The van der Waals surface area contributed by atoms with E-state index in [-0.39, 0.29) is 46.8 Å². The fourth-order valence-corrected chi connectivity index (χ4v) is 7.08. The predicted octanol–water partition coefficient (Wildman–Crippen LogP) is 0.00260. The van der Waals surface area contributed by atoms with Gasteiger partial charge in [0.15, 0.2) is 47.1 Å². The molecule has 254 valence electrons. The van der Waals surface area contributed by atoms with Crippen LogP contribution >= 0.6 is 28.0 Å². The molecule has 0 bridgehead atoms. The fourth-order valence-electron chi connectivity index (χ4n) is 5.19. The van der Waals surface area contributed by atoms with Crippen LogP contribution in [-0.2, 0) is 44.2 Å². The van der Waals surface area contributed by atoms with Gasteiger partial charge in [-0.25, -0.2) is 23.3 Å². The van der Waals surface area contributed by atoms with Gasteiger partial charge in [0.25, 0.3) is 11.1 Å². The van der Waals surface area contributed by atoms with Crippen molar-refractivity contribution < 1.29 is 46.0 Å². The van der Waals surface area contributed by atoms with Gasteiger partial charge in [0.05, 0.1) is 31.8 Å². The summed E-state index contributed by atoms with van der Waals surface area (Å²) in [5.74, 6) is -0.590. The Labute approximate surface area is 272 Å². The topological polar surface area (TPSA) is 272 Å². The summed E-state index contributed by atoms with van der Waals surface area (Å²) in [5.41, 5.74) is 9.43. The van der Waals surface area contributed by atoms with E-state index in [1.54, 1.807) is 0 Å². The number of thiol groups is 1. The zero-order valence-electron chi connectivity index (χ0n) is 23.4. The maximum absolute atomic E-state index is 16.0. The number of imidazole rings is 2. The van der Waals surface area contributed by atoms with E-state index in [1.165, 1.54) is 0 Å². The number of anilines is 2. The highest BCUT2D eigenvalue weighted by Gasteiger charge is 2.51. The average Bonchev–Trinajstić information content (AvgIpc) is 3.77. The molecule has 0 aromatic carbocycles. The number of ether oxygens (including phenoxy) is 3. The summed E-state index contributed by atoms with van der Waals surface area (Å²) < 4.78 is 77.9.